The molecular weight excluding hydrogens is 328 g/mol. The monoisotopic (exact) mass is 347 g/mol. The molecule has 132 valence electrons. The molecule has 0 aromatic heterocycles. The van der Waals surface area contributed by atoms with Crippen LogP contribution in [0.5, 0.6) is 5.75 Å². The van der Waals surface area contributed by atoms with Gasteiger partial charge in [0.25, 0.3) is 5.91 Å². The lowest BCUT2D eigenvalue weighted by Crippen LogP contribution is -2.37. The van der Waals surface area contributed by atoms with Crippen molar-refractivity contribution in [2.45, 2.75) is 31.4 Å². The van der Waals surface area contributed by atoms with E-state index in [0.29, 0.717) is 19.4 Å². The summed E-state index contributed by atoms with van der Waals surface area (Å²) in [7, 11) is 0. The van der Waals surface area contributed by atoms with E-state index in [1.54, 1.807) is 12.1 Å². The smallest absolute Gasteiger partial charge is 0.260 e. The number of phenols is 1. The summed E-state index contributed by atoms with van der Waals surface area (Å²) in [6.07, 6.45) is 0.869. The Hall–Kier alpha value is -2.47. The van der Waals surface area contributed by atoms with Crippen molar-refractivity contribution in [1.29, 1.82) is 0 Å². The molecule has 25 heavy (non-hydrogen) atoms. The van der Waals surface area contributed by atoms with Crippen LogP contribution in [0.2, 0.25) is 0 Å². The summed E-state index contributed by atoms with van der Waals surface area (Å²) in [5, 5.41) is 19.8. The van der Waals surface area contributed by atoms with Gasteiger partial charge in [0.05, 0.1) is 6.10 Å². The molecule has 0 aliphatic carbocycles. The average Bonchev–Trinajstić information content (AvgIpc) is 3.07. The molecular formula is C19H19F2NO3. The van der Waals surface area contributed by atoms with Gasteiger partial charge in [0.1, 0.15) is 11.4 Å². The average molecular weight is 347 g/mol. The fraction of sp³-hybridized carbons (Fsp3) is 0.316. The van der Waals surface area contributed by atoms with Crippen LogP contribution in [0.15, 0.2) is 42.5 Å². The van der Waals surface area contributed by atoms with Gasteiger partial charge < -0.3 is 15.1 Å². The number of aliphatic hydroxyl groups excluding tert-OH is 1. The second-order valence-electron chi connectivity index (χ2n) is 6.21. The summed E-state index contributed by atoms with van der Waals surface area (Å²) < 4.78 is 28.0. The maximum atomic E-state index is 14.0. The van der Waals surface area contributed by atoms with E-state index < -0.39 is 35.0 Å². The van der Waals surface area contributed by atoms with Crippen LogP contribution in [0, 0.1) is 11.6 Å². The van der Waals surface area contributed by atoms with Crippen molar-refractivity contribution in [3.05, 3.63) is 65.2 Å². The number of likely N-dealkylation sites (tertiary alicyclic amines) is 1. The Labute approximate surface area is 144 Å². The maximum Gasteiger partial charge on any atom is 0.260 e. The first-order valence-corrected chi connectivity index (χ1v) is 8.20. The fourth-order valence-corrected chi connectivity index (χ4v) is 3.30. The van der Waals surface area contributed by atoms with Crippen LogP contribution in [0.4, 0.5) is 8.78 Å². The van der Waals surface area contributed by atoms with E-state index in [1.807, 2.05) is 18.2 Å². The number of rotatable bonds is 4. The van der Waals surface area contributed by atoms with Crippen LogP contribution in [0.1, 0.15) is 41.3 Å². The highest BCUT2D eigenvalue weighted by atomic mass is 19.1. The van der Waals surface area contributed by atoms with Crippen molar-refractivity contribution < 1.29 is 23.8 Å². The van der Waals surface area contributed by atoms with E-state index in [-0.39, 0.29) is 12.5 Å². The Morgan fingerprint density at radius 1 is 1.20 bits per heavy atom. The summed E-state index contributed by atoms with van der Waals surface area (Å²) >= 11 is 0. The third-order valence-electron chi connectivity index (χ3n) is 4.60. The molecule has 0 bridgehead atoms. The van der Waals surface area contributed by atoms with E-state index in [2.05, 4.69) is 0 Å². The topological polar surface area (TPSA) is 60.8 Å². The van der Waals surface area contributed by atoms with Crippen molar-refractivity contribution in [3.8, 4) is 5.75 Å². The van der Waals surface area contributed by atoms with Gasteiger partial charge in [-0.1, -0.05) is 30.3 Å². The van der Waals surface area contributed by atoms with Crippen LogP contribution in [-0.2, 0) is 0 Å². The highest BCUT2D eigenvalue weighted by Crippen LogP contribution is 2.31. The van der Waals surface area contributed by atoms with E-state index in [1.165, 1.54) is 4.90 Å². The van der Waals surface area contributed by atoms with E-state index in [9.17, 15) is 23.8 Å². The molecule has 1 aliphatic heterocycles. The van der Waals surface area contributed by atoms with Gasteiger partial charge in [-0.05, 0) is 37.0 Å². The molecule has 1 fully saturated rings. The lowest BCUT2D eigenvalue weighted by molar-refractivity contribution is 0.0657. The Balaban J connectivity index is 1.80. The normalized spacial score (nSPS) is 18.4. The van der Waals surface area contributed by atoms with E-state index in [4.69, 9.17) is 0 Å². The number of amides is 1. The zero-order valence-electron chi connectivity index (χ0n) is 13.5. The molecule has 1 saturated heterocycles. The molecule has 2 aromatic rings. The minimum absolute atomic E-state index is 0.289. The first-order chi connectivity index (χ1) is 12.0. The molecule has 0 radical (unpaired) electrons. The number of hydrogen-bond acceptors (Lipinski definition) is 3. The number of nitrogens with zero attached hydrogens (tertiary/aromatic N) is 1. The summed E-state index contributed by atoms with van der Waals surface area (Å²) in [4.78, 5) is 14.0. The SMILES string of the molecule is O=C(c1c(F)ccc(O)c1F)N1CCC[C@H]1C[C@@H](O)c1ccccc1. The Kier molecular flexibility index (Phi) is 4.99. The second-order valence-corrected chi connectivity index (χ2v) is 6.21. The molecule has 3 rings (SSSR count). The number of hydrogen-bond donors (Lipinski definition) is 2. The predicted molar refractivity (Wildman–Crippen MR) is 88.1 cm³/mol. The van der Waals surface area contributed by atoms with Crippen LogP contribution >= 0.6 is 0 Å². The van der Waals surface area contributed by atoms with E-state index in [0.717, 1.165) is 17.7 Å². The molecule has 1 amide bonds. The summed E-state index contributed by atoms with van der Waals surface area (Å²) in [5.74, 6) is -3.81. The Morgan fingerprint density at radius 2 is 1.92 bits per heavy atom. The van der Waals surface area contributed by atoms with Crippen LogP contribution in [-0.4, -0.2) is 33.6 Å². The zero-order valence-corrected chi connectivity index (χ0v) is 13.5. The van der Waals surface area contributed by atoms with Gasteiger partial charge in [0.2, 0.25) is 0 Å². The fourth-order valence-electron chi connectivity index (χ4n) is 3.30. The second kappa shape index (κ2) is 7.19. The van der Waals surface area contributed by atoms with Gasteiger partial charge >= 0.3 is 0 Å². The minimum atomic E-state index is -1.25. The van der Waals surface area contributed by atoms with Crippen LogP contribution in [0.25, 0.3) is 0 Å². The molecule has 1 heterocycles. The number of carbonyl (C=O) groups is 1. The summed E-state index contributed by atoms with van der Waals surface area (Å²) in [6, 6.07) is 10.5. The van der Waals surface area contributed by atoms with Crippen molar-refractivity contribution in [2.24, 2.45) is 0 Å². The van der Waals surface area contributed by atoms with Crippen LogP contribution < -0.4 is 0 Å². The first kappa shape index (κ1) is 17.4. The van der Waals surface area contributed by atoms with Gasteiger partial charge in [0, 0.05) is 12.6 Å². The first-order valence-electron chi connectivity index (χ1n) is 8.20. The third kappa shape index (κ3) is 3.49. The molecule has 2 atom stereocenters. The number of benzene rings is 2. The lowest BCUT2D eigenvalue weighted by atomic mass is 10.00. The molecule has 0 saturated carbocycles. The van der Waals surface area contributed by atoms with Crippen molar-refractivity contribution in [1.82, 2.24) is 4.90 Å². The zero-order chi connectivity index (χ0) is 18.0. The number of carbonyl (C=O) groups excluding carboxylic acids is 1. The van der Waals surface area contributed by atoms with Gasteiger partial charge in [-0.15, -0.1) is 0 Å². The van der Waals surface area contributed by atoms with E-state index >= 15 is 0 Å². The van der Waals surface area contributed by atoms with Gasteiger partial charge in [-0.3, -0.25) is 4.79 Å². The maximum absolute atomic E-state index is 14.0. The van der Waals surface area contributed by atoms with Crippen molar-refractivity contribution in [3.63, 3.8) is 0 Å². The summed E-state index contributed by atoms with van der Waals surface area (Å²) in [6.45, 7) is 0.361. The molecule has 2 aromatic carbocycles. The highest BCUT2D eigenvalue weighted by Gasteiger charge is 2.34. The molecule has 6 heteroatoms. The Bertz CT molecular complexity index is 767. The molecule has 4 nitrogen and oxygen atoms in total. The largest absolute Gasteiger partial charge is 0.505 e. The molecule has 2 N–H and O–H groups in total. The highest BCUT2D eigenvalue weighted by molar-refractivity contribution is 5.95. The standard InChI is InChI=1S/C19H19F2NO3/c20-14-8-9-15(23)18(21)17(14)19(25)22-10-4-7-13(22)11-16(24)12-5-2-1-3-6-12/h1-3,5-6,8-9,13,16,23-24H,4,7,10-11H2/t13-,16+/m0/s1. The quantitative estimate of drug-likeness (QED) is 0.891. The minimum Gasteiger partial charge on any atom is -0.505 e. The predicted octanol–water partition coefficient (Wildman–Crippen LogP) is 3.40. The van der Waals surface area contributed by atoms with Crippen molar-refractivity contribution in [2.75, 3.05) is 6.54 Å². The number of phenolic OH excluding ortho intramolecular Hbond substituents is 1. The Morgan fingerprint density at radius 3 is 2.64 bits per heavy atom. The molecule has 1 aliphatic rings. The lowest BCUT2D eigenvalue weighted by Gasteiger charge is -2.27. The van der Waals surface area contributed by atoms with Gasteiger partial charge in [-0.2, -0.15) is 0 Å². The molecule has 0 unspecified atom stereocenters. The van der Waals surface area contributed by atoms with Crippen molar-refractivity contribution >= 4 is 5.91 Å². The van der Waals surface area contributed by atoms with Gasteiger partial charge in [-0.25, -0.2) is 8.78 Å². The molecule has 0 spiro atoms. The van der Waals surface area contributed by atoms with Gasteiger partial charge in [0.15, 0.2) is 11.6 Å². The van der Waals surface area contributed by atoms with Crippen LogP contribution in [0.3, 0.4) is 0 Å². The number of aliphatic hydroxyl groups is 1. The number of halogens is 2. The number of aromatic hydroxyl groups is 1. The summed E-state index contributed by atoms with van der Waals surface area (Å²) in [5.41, 5.74) is -0.0161. The third-order valence-corrected chi connectivity index (χ3v) is 4.60.